The number of amides is 1. The number of nitrogens with one attached hydrogen (secondary N) is 1. The first kappa shape index (κ1) is 14.6. The molecule has 1 unspecified atom stereocenters. The zero-order valence-corrected chi connectivity index (χ0v) is 11.6. The molecule has 6 heteroatoms. The van der Waals surface area contributed by atoms with Crippen molar-refractivity contribution in [1.82, 2.24) is 5.32 Å². The predicted molar refractivity (Wildman–Crippen MR) is 73.2 cm³/mol. The number of nitrogens with zero attached hydrogens (tertiary/aromatic N) is 1. The Morgan fingerprint density at radius 2 is 2.35 bits per heavy atom. The highest BCUT2D eigenvalue weighted by molar-refractivity contribution is 5.67. The highest BCUT2D eigenvalue weighted by Crippen LogP contribution is 2.29. The van der Waals surface area contributed by atoms with Gasteiger partial charge in [-0.25, -0.2) is 9.18 Å². The van der Waals surface area contributed by atoms with E-state index >= 15 is 0 Å². The number of hydrogen-bond acceptors (Lipinski definition) is 4. The lowest BCUT2D eigenvalue weighted by atomic mass is 10.1. The van der Waals surface area contributed by atoms with Gasteiger partial charge in [-0.1, -0.05) is 0 Å². The van der Waals surface area contributed by atoms with Crippen LogP contribution in [0.5, 0.6) is 0 Å². The molecule has 0 saturated carbocycles. The van der Waals surface area contributed by atoms with E-state index in [4.69, 9.17) is 0 Å². The molecule has 1 aromatic rings. The molecule has 1 amide bonds. The summed E-state index contributed by atoms with van der Waals surface area (Å²) >= 11 is 0. The summed E-state index contributed by atoms with van der Waals surface area (Å²) in [7, 11) is 1.33. The average molecular weight is 282 g/mol. The Labute approximate surface area is 117 Å². The third-order valence-electron chi connectivity index (χ3n) is 3.48. The molecular weight excluding hydrogens is 263 g/mol. The van der Waals surface area contributed by atoms with Gasteiger partial charge in [0.1, 0.15) is 5.82 Å². The van der Waals surface area contributed by atoms with Gasteiger partial charge in [-0.3, -0.25) is 0 Å². The molecule has 0 aliphatic carbocycles. The van der Waals surface area contributed by atoms with Crippen molar-refractivity contribution in [3.8, 4) is 0 Å². The van der Waals surface area contributed by atoms with Crippen LogP contribution in [0.1, 0.15) is 25.0 Å². The maximum atomic E-state index is 13.3. The van der Waals surface area contributed by atoms with E-state index in [-0.39, 0.29) is 11.9 Å². The van der Waals surface area contributed by atoms with Crippen LogP contribution in [0.15, 0.2) is 18.2 Å². The monoisotopic (exact) mass is 282 g/mol. The van der Waals surface area contributed by atoms with Crippen LogP contribution < -0.4 is 10.2 Å². The third-order valence-corrected chi connectivity index (χ3v) is 3.48. The molecule has 1 aromatic carbocycles. The van der Waals surface area contributed by atoms with Crippen LogP contribution in [0.4, 0.5) is 14.9 Å². The molecule has 2 atom stereocenters. The van der Waals surface area contributed by atoms with E-state index in [0.29, 0.717) is 12.1 Å². The standard InChI is InChI=1S/C14H19FN2O3/c1-9(18)12-7-10(15)3-4-13(12)17-6-5-11(8-17)16-14(19)20-2/h3-4,7,9,11,18H,5-6,8H2,1-2H3,(H,16,19)/t9-,11?/m0/s1. The number of anilines is 1. The number of halogens is 1. The molecular formula is C14H19FN2O3. The maximum absolute atomic E-state index is 13.3. The molecule has 1 aliphatic rings. The van der Waals surface area contributed by atoms with Crippen LogP contribution in [-0.2, 0) is 4.74 Å². The van der Waals surface area contributed by atoms with Crippen LogP contribution >= 0.6 is 0 Å². The van der Waals surface area contributed by atoms with Crippen molar-refractivity contribution < 1.29 is 19.0 Å². The normalized spacial score (nSPS) is 19.8. The molecule has 20 heavy (non-hydrogen) atoms. The lowest BCUT2D eigenvalue weighted by Gasteiger charge is -2.23. The lowest BCUT2D eigenvalue weighted by molar-refractivity contribution is 0.167. The fourth-order valence-electron chi connectivity index (χ4n) is 2.47. The smallest absolute Gasteiger partial charge is 0.407 e. The van der Waals surface area contributed by atoms with Crippen molar-refractivity contribution in [2.45, 2.75) is 25.5 Å². The summed E-state index contributed by atoms with van der Waals surface area (Å²) in [6.45, 7) is 2.96. The Kier molecular flexibility index (Phi) is 4.44. The number of aliphatic hydroxyl groups is 1. The number of ether oxygens (including phenoxy) is 1. The molecule has 5 nitrogen and oxygen atoms in total. The van der Waals surface area contributed by atoms with E-state index in [9.17, 15) is 14.3 Å². The van der Waals surface area contributed by atoms with E-state index in [1.54, 1.807) is 13.0 Å². The first-order valence-electron chi connectivity index (χ1n) is 6.58. The summed E-state index contributed by atoms with van der Waals surface area (Å²) in [5.74, 6) is -0.368. The number of carbonyl (C=O) groups excluding carboxylic acids is 1. The molecule has 1 aliphatic heterocycles. The minimum atomic E-state index is -0.742. The highest BCUT2D eigenvalue weighted by atomic mass is 19.1. The van der Waals surface area contributed by atoms with Crippen LogP contribution in [0.25, 0.3) is 0 Å². The minimum Gasteiger partial charge on any atom is -0.453 e. The first-order valence-corrected chi connectivity index (χ1v) is 6.58. The quantitative estimate of drug-likeness (QED) is 0.887. The predicted octanol–water partition coefficient (Wildman–Crippen LogP) is 1.81. The van der Waals surface area contributed by atoms with Gasteiger partial charge in [-0.15, -0.1) is 0 Å². The van der Waals surface area contributed by atoms with Gasteiger partial charge in [0.15, 0.2) is 0 Å². The van der Waals surface area contributed by atoms with Gasteiger partial charge in [-0.2, -0.15) is 0 Å². The van der Waals surface area contributed by atoms with Gasteiger partial charge < -0.3 is 20.1 Å². The van der Waals surface area contributed by atoms with Gasteiger partial charge >= 0.3 is 6.09 Å². The molecule has 0 bridgehead atoms. The molecule has 1 saturated heterocycles. The minimum absolute atomic E-state index is 0.00523. The maximum Gasteiger partial charge on any atom is 0.407 e. The summed E-state index contributed by atoms with van der Waals surface area (Å²) in [5.41, 5.74) is 1.36. The second-order valence-corrected chi connectivity index (χ2v) is 4.95. The van der Waals surface area contributed by atoms with Crippen molar-refractivity contribution in [2.24, 2.45) is 0 Å². The third kappa shape index (κ3) is 3.19. The number of hydrogen-bond donors (Lipinski definition) is 2. The summed E-state index contributed by atoms with van der Waals surface area (Å²) < 4.78 is 17.9. The largest absolute Gasteiger partial charge is 0.453 e. The van der Waals surface area contributed by atoms with Gasteiger partial charge in [0.2, 0.25) is 0 Å². The zero-order valence-electron chi connectivity index (χ0n) is 11.6. The van der Waals surface area contributed by atoms with E-state index in [1.807, 2.05) is 4.90 Å². The molecule has 0 spiro atoms. The van der Waals surface area contributed by atoms with E-state index < -0.39 is 12.2 Å². The van der Waals surface area contributed by atoms with E-state index in [1.165, 1.54) is 19.2 Å². The van der Waals surface area contributed by atoms with Gasteiger partial charge in [0.25, 0.3) is 0 Å². The molecule has 0 radical (unpaired) electrons. The Bertz CT molecular complexity index is 493. The second kappa shape index (κ2) is 6.09. The van der Waals surface area contributed by atoms with Crippen LogP contribution in [0.3, 0.4) is 0 Å². The Morgan fingerprint density at radius 1 is 1.60 bits per heavy atom. The zero-order chi connectivity index (χ0) is 14.7. The molecule has 110 valence electrons. The van der Waals surface area contributed by atoms with E-state index in [0.717, 1.165) is 18.7 Å². The van der Waals surface area contributed by atoms with Crippen LogP contribution in [-0.4, -0.2) is 37.4 Å². The Balaban J connectivity index is 2.12. The van der Waals surface area contributed by atoms with Crippen molar-refractivity contribution >= 4 is 11.8 Å². The number of methoxy groups -OCH3 is 1. The number of aliphatic hydroxyl groups excluding tert-OH is 1. The molecule has 1 heterocycles. The summed E-state index contributed by atoms with van der Waals surface area (Å²) in [6.07, 6.45) is -0.411. The van der Waals surface area contributed by atoms with Crippen molar-refractivity contribution in [1.29, 1.82) is 0 Å². The van der Waals surface area contributed by atoms with E-state index in [2.05, 4.69) is 10.1 Å². The van der Waals surface area contributed by atoms with Gasteiger partial charge in [-0.05, 0) is 31.5 Å². The van der Waals surface area contributed by atoms with Crippen molar-refractivity contribution in [3.63, 3.8) is 0 Å². The van der Waals surface area contributed by atoms with Gasteiger partial charge in [0.05, 0.1) is 19.3 Å². The SMILES string of the molecule is COC(=O)NC1CCN(c2ccc(F)cc2[C@H](C)O)C1. The second-order valence-electron chi connectivity index (χ2n) is 4.95. The molecule has 1 fully saturated rings. The number of rotatable bonds is 3. The highest BCUT2D eigenvalue weighted by Gasteiger charge is 2.26. The van der Waals surface area contributed by atoms with Crippen molar-refractivity contribution in [2.75, 3.05) is 25.1 Å². The number of alkyl carbamates (subject to hydrolysis) is 1. The topological polar surface area (TPSA) is 61.8 Å². The van der Waals surface area contributed by atoms with Crippen LogP contribution in [0, 0.1) is 5.82 Å². The fraction of sp³-hybridized carbons (Fsp3) is 0.500. The Morgan fingerprint density at radius 3 is 3.00 bits per heavy atom. The number of benzene rings is 1. The summed E-state index contributed by atoms with van der Waals surface area (Å²) in [4.78, 5) is 13.2. The van der Waals surface area contributed by atoms with Crippen molar-refractivity contribution in [3.05, 3.63) is 29.6 Å². The molecule has 2 N–H and O–H groups in total. The number of carbonyl (C=O) groups is 1. The van der Waals surface area contributed by atoms with Gasteiger partial charge in [0, 0.05) is 24.3 Å². The average Bonchev–Trinajstić information content (AvgIpc) is 2.86. The Hall–Kier alpha value is -1.82. The molecule has 2 rings (SSSR count). The fourth-order valence-corrected chi connectivity index (χ4v) is 2.47. The lowest BCUT2D eigenvalue weighted by Crippen LogP contribution is -2.37. The first-order chi connectivity index (χ1) is 9.51. The van der Waals surface area contributed by atoms with Crippen LogP contribution in [0.2, 0.25) is 0 Å². The summed E-state index contributed by atoms with van der Waals surface area (Å²) in [6, 6.07) is 4.38. The molecule has 0 aromatic heterocycles. The summed E-state index contributed by atoms with van der Waals surface area (Å²) in [5, 5.41) is 12.5.